The van der Waals surface area contributed by atoms with Crippen molar-refractivity contribution in [3.63, 3.8) is 0 Å². The van der Waals surface area contributed by atoms with Crippen molar-refractivity contribution in [2.24, 2.45) is 0 Å². The van der Waals surface area contributed by atoms with Gasteiger partial charge in [0, 0.05) is 18.2 Å². The maximum absolute atomic E-state index is 9.08. The topological polar surface area (TPSA) is 93.2 Å². The smallest absolute Gasteiger partial charge is 0.144 e. The van der Waals surface area contributed by atoms with Gasteiger partial charge in [0.1, 0.15) is 23.4 Å². The number of nitrogens with one attached hydrogen (secondary N) is 1. The standard InChI is InChI=1S/C15H16N4O2/c1-20-13-4-3-10(14(6-13)21-2)8-18-15-11(7-16)5-12(17)9-19-15/h3-6,9H,8,17H2,1-2H3,(H,18,19). The Morgan fingerprint density at radius 3 is 2.76 bits per heavy atom. The molecule has 0 aliphatic rings. The third-order valence-electron chi connectivity index (χ3n) is 2.97. The Hall–Kier alpha value is -2.94. The van der Waals surface area contributed by atoms with Crippen LogP contribution in [0.3, 0.4) is 0 Å². The molecule has 6 heteroatoms. The minimum atomic E-state index is 0.405. The summed E-state index contributed by atoms with van der Waals surface area (Å²) in [4.78, 5) is 4.13. The number of benzene rings is 1. The van der Waals surface area contributed by atoms with Crippen LogP contribution in [0.15, 0.2) is 30.5 Å². The quantitative estimate of drug-likeness (QED) is 0.874. The molecule has 0 aliphatic carbocycles. The molecular weight excluding hydrogens is 268 g/mol. The molecule has 0 spiro atoms. The van der Waals surface area contributed by atoms with Gasteiger partial charge in [0.15, 0.2) is 0 Å². The van der Waals surface area contributed by atoms with Gasteiger partial charge >= 0.3 is 0 Å². The molecule has 0 atom stereocenters. The molecule has 1 heterocycles. The van der Waals surface area contributed by atoms with Gasteiger partial charge in [0.05, 0.1) is 31.7 Å². The largest absolute Gasteiger partial charge is 0.497 e. The van der Waals surface area contributed by atoms with E-state index in [1.165, 1.54) is 6.20 Å². The number of rotatable bonds is 5. The predicted octanol–water partition coefficient (Wildman–Crippen LogP) is 2.16. The molecule has 0 saturated carbocycles. The Morgan fingerprint density at radius 1 is 1.29 bits per heavy atom. The molecule has 0 radical (unpaired) electrons. The summed E-state index contributed by atoms with van der Waals surface area (Å²) in [5.74, 6) is 1.92. The summed E-state index contributed by atoms with van der Waals surface area (Å²) in [5.41, 5.74) is 7.41. The van der Waals surface area contributed by atoms with Gasteiger partial charge in [0.2, 0.25) is 0 Å². The fourth-order valence-electron chi connectivity index (χ4n) is 1.88. The molecule has 1 aromatic carbocycles. The summed E-state index contributed by atoms with van der Waals surface area (Å²) in [6.07, 6.45) is 1.51. The SMILES string of the molecule is COc1ccc(CNc2ncc(N)cc2C#N)c(OC)c1. The Bertz CT molecular complexity index is 680. The molecule has 21 heavy (non-hydrogen) atoms. The summed E-state index contributed by atoms with van der Waals surface area (Å²) in [5, 5.41) is 12.2. The number of hydrogen-bond acceptors (Lipinski definition) is 6. The highest BCUT2D eigenvalue weighted by Crippen LogP contribution is 2.25. The Kier molecular flexibility index (Phi) is 4.46. The van der Waals surface area contributed by atoms with Crippen molar-refractivity contribution in [2.75, 3.05) is 25.3 Å². The lowest BCUT2D eigenvalue weighted by molar-refractivity contribution is 0.391. The summed E-state index contributed by atoms with van der Waals surface area (Å²) >= 11 is 0. The molecule has 3 N–H and O–H groups in total. The van der Waals surface area contributed by atoms with Crippen LogP contribution in [-0.2, 0) is 6.54 Å². The normalized spacial score (nSPS) is 9.76. The van der Waals surface area contributed by atoms with Gasteiger partial charge in [-0.3, -0.25) is 0 Å². The van der Waals surface area contributed by atoms with E-state index in [0.717, 1.165) is 11.3 Å². The van der Waals surface area contributed by atoms with Gasteiger partial charge in [-0.1, -0.05) is 0 Å². The van der Waals surface area contributed by atoms with Crippen molar-refractivity contribution in [1.29, 1.82) is 5.26 Å². The van der Waals surface area contributed by atoms with Crippen molar-refractivity contribution in [3.05, 3.63) is 41.6 Å². The number of anilines is 2. The van der Waals surface area contributed by atoms with Crippen molar-refractivity contribution in [2.45, 2.75) is 6.54 Å². The van der Waals surface area contributed by atoms with Gasteiger partial charge in [0.25, 0.3) is 0 Å². The molecule has 0 aliphatic heterocycles. The van der Waals surface area contributed by atoms with E-state index >= 15 is 0 Å². The lowest BCUT2D eigenvalue weighted by Crippen LogP contribution is -2.05. The lowest BCUT2D eigenvalue weighted by atomic mass is 10.2. The molecule has 0 fully saturated rings. The van der Waals surface area contributed by atoms with Gasteiger partial charge in [-0.25, -0.2) is 4.98 Å². The van der Waals surface area contributed by atoms with E-state index in [0.29, 0.717) is 29.4 Å². The second-order valence-electron chi connectivity index (χ2n) is 4.31. The highest BCUT2D eigenvalue weighted by Gasteiger charge is 2.08. The van der Waals surface area contributed by atoms with E-state index in [9.17, 15) is 0 Å². The van der Waals surface area contributed by atoms with Gasteiger partial charge < -0.3 is 20.5 Å². The van der Waals surface area contributed by atoms with E-state index in [1.807, 2.05) is 12.1 Å². The Morgan fingerprint density at radius 2 is 2.10 bits per heavy atom. The van der Waals surface area contributed by atoms with E-state index in [1.54, 1.807) is 26.4 Å². The Balaban J connectivity index is 2.19. The van der Waals surface area contributed by atoms with E-state index in [-0.39, 0.29) is 0 Å². The number of methoxy groups -OCH3 is 2. The van der Waals surface area contributed by atoms with Gasteiger partial charge in [-0.05, 0) is 18.2 Å². The molecule has 0 unspecified atom stereocenters. The number of ether oxygens (including phenoxy) is 2. The number of nitrogen functional groups attached to an aromatic ring is 1. The minimum Gasteiger partial charge on any atom is -0.497 e. The predicted molar refractivity (Wildman–Crippen MR) is 80.2 cm³/mol. The third-order valence-corrected chi connectivity index (χ3v) is 2.97. The number of pyridine rings is 1. The first-order chi connectivity index (χ1) is 10.2. The van der Waals surface area contributed by atoms with Crippen LogP contribution in [0.2, 0.25) is 0 Å². The molecule has 2 rings (SSSR count). The zero-order valence-electron chi connectivity index (χ0n) is 11.9. The molecule has 0 amide bonds. The zero-order chi connectivity index (χ0) is 15.2. The first kappa shape index (κ1) is 14.5. The molecule has 2 aromatic rings. The highest BCUT2D eigenvalue weighted by atomic mass is 16.5. The number of nitriles is 1. The maximum Gasteiger partial charge on any atom is 0.144 e. The lowest BCUT2D eigenvalue weighted by Gasteiger charge is -2.12. The Labute approximate surface area is 123 Å². The first-order valence-electron chi connectivity index (χ1n) is 6.28. The number of nitrogens with two attached hydrogens (primary N) is 1. The minimum absolute atomic E-state index is 0.405. The fraction of sp³-hybridized carbons (Fsp3) is 0.200. The second-order valence-corrected chi connectivity index (χ2v) is 4.31. The third kappa shape index (κ3) is 3.34. The summed E-state index contributed by atoms with van der Waals surface area (Å²) < 4.78 is 10.5. The van der Waals surface area contributed by atoms with Crippen LogP contribution >= 0.6 is 0 Å². The molecule has 0 bridgehead atoms. The average molecular weight is 284 g/mol. The van der Waals surface area contributed by atoms with Crippen molar-refractivity contribution in [3.8, 4) is 17.6 Å². The van der Waals surface area contributed by atoms with Crippen molar-refractivity contribution < 1.29 is 9.47 Å². The van der Waals surface area contributed by atoms with Gasteiger partial charge in [-0.15, -0.1) is 0 Å². The summed E-state index contributed by atoms with van der Waals surface area (Å²) in [7, 11) is 3.20. The number of aromatic nitrogens is 1. The molecule has 1 aromatic heterocycles. The molecule has 108 valence electrons. The molecular formula is C15H16N4O2. The second kappa shape index (κ2) is 6.48. The average Bonchev–Trinajstić information content (AvgIpc) is 2.53. The van der Waals surface area contributed by atoms with Crippen LogP contribution in [0.5, 0.6) is 11.5 Å². The number of hydrogen-bond donors (Lipinski definition) is 2. The molecule has 0 saturated heterocycles. The van der Waals surface area contributed by atoms with Crippen LogP contribution in [-0.4, -0.2) is 19.2 Å². The number of nitrogens with zero attached hydrogens (tertiary/aromatic N) is 2. The highest BCUT2D eigenvalue weighted by molar-refractivity contribution is 5.57. The van der Waals surface area contributed by atoms with E-state index in [2.05, 4.69) is 16.4 Å². The van der Waals surface area contributed by atoms with Crippen molar-refractivity contribution in [1.82, 2.24) is 4.98 Å². The summed E-state index contributed by atoms with van der Waals surface area (Å²) in [6.45, 7) is 0.471. The summed E-state index contributed by atoms with van der Waals surface area (Å²) in [6, 6.07) is 9.20. The van der Waals surface area contributed by atoms with Crippen molar-refractivity contribution >= 4 is 11.5 Å². The van der Waals surface area contributed by atoms with Crippen LogP contribution in [0.1, 0.15) is 11.1 Å². The first-order valence-corrected chi connectivity index (χ1v) is 6.28. The fourth-order valence-corrected chi connectivity index (χ4v) is 1.88. The van der Waals surface area contributed by atoms with Gasteiger partial charge in [-0.2, -0.15) is 5.26 Å². The molecule has 6 nitrogen and oxygen atoms in total. The van der Waals surface area contributed by atoms with E-state index in [4.69, 9.17) is 20.5 Å². The van der Waals surface area contributed by atoms with Crippen LogP contribution in [0.25, 0.3) is 0 Å². The monoisotopic (exact) mass is 284 g/mol. The van der Waals surface area contributed by atoms with Crippen LogP contribution in [0, 0.1) is 11.3 Å². The zero-order valence-corrected chi connectivity index (χ0v) is 11.9. The van der Waals surface area contributed by atoms with E-state index < -0.39 is 0 Å². The van der Waals surface area contributed by atoms with Crippen LogP contribution in [0.4, 0.5) is 11.5 Å². The van der Waals surface area contributed by atoms with Crippen LogP contribution < -0.4 is 20.5 Å². The maximum atomic E-state index is 9.08.